The number of ether oxygens (including phenoxy) is 2. The Hall–Kier alpha value is -3.93. The standard InChI is InChI=1S/C37H41NO4/c1-4-41-35(37(39)40)24-27-14-20-32(21-15-27)42-23-22-38(3)36-33-13-9-8-12-29(33)16-17-30-18-19-31(25-34(30)36)26(2)28-10-6-5-7-11-28/h5-15,18-21,25-26,35-36H,4,16-17,22-24H2,1-3H3,(H,39,40). The number of aryl methyl sites for hydroxylation is 2. The van der Waals surface area contributed by atoms with Crippen LogP contribution in [0.3, 0.4) is 0 Å². The van der Waals surface area contributed by atoms with Gasteiger partial charge in [-0.1, -0.05) is 91.9 Å². The van der Waals surface area contributed by atoms with Crippen molar-refractivity contribution < 1.29 is 19.4 Å². The minimum Gasteiger partial charge on any atom is -0.492 e. The molecule has 4 aromatic carbocycles. The van der Waals surface area contributed by atoms with E-state index in [1.165, 1.54) is 33.4 Å². The zero-order valence-corrected chi connectivity index (χ0v) is 24.8. The Morgan fingerprint density at radius 1 is 0.881 bits per heavy atom. The minimum absolute atomic E-state index is 0.138. The Labute approximate surface area is 249 Å². The van der Waals surface area contributed by atoms with Gasteiger partial charge in [-0.05, 0) is 77.9 Å². The maximum absolute atomic E-state index is 11.4. The highest BCUT2D eigenvalue weighted by atomic mass is 16.5. The maximum atomic E-state index is 11.4. The van der Waals surface area contributed by atoms with Crippen molar-refractivity contribution in [3.8, 4) is 5.75 Å². The summed E-state index contributed by atoms with van der Waals surface area (Å²) < 4.78 is 11.5. The quantitative estimate of drug-likeness (QED) is 0.200. The lowest BCUT2D eigenvalue weighted by atomic mass is 9.87. The fourth-order valence-corrected chi connectivity index (χ4v) is 6.03. The molecule has 0 bridgehead atoms. The van der Waals surface area contributed by atoms with Crippen molar-refractivity contribution in [2.24, 2.45) is 0 Å². The molecular weight excluding hydrogens is 522 g/mol. The van der Waals surface area contributed by atoms with Gasteiger partial charge in [0.15, 0.2) is 6.10 Å². The van der Waals surface area contributed by atoms with Crippen LogP contribution in [0.25, 0.3) is 0 Å². The predicted octanol–water partition coefficient (Wildman–Crippen LogP) is 7.07. The largest absolute Gasteiger partial charge is 0.492 e. The zero-order chi connectivity index (χ0) is 29.5. The second-order valence-electron chi connectivity index (χ2n) is 11.2. The Bertz CT molecular complexity index is 1470. The van der Waals surface area contributed by atoms with Crippen molar-refractivity contribution in [1.29, 1.82) is 0 Å². The summed E-state index contributed by atoms with van der Waals surface area (Å²) in [5.41, 5.74) is 9.15. The third-order valence-corrected chi connectivity index (χ3v) is 8.42. The first-order chi connectivity index (χ1) is 20.4. The average molecular weight is 564 g/mol. The molecule has 0 saturated carbocycles. The molecule has 1 N–H and O–H groups in total. The molecule has 3 atom stereocenters. The van der Waals surface area contributed by atoms with Crippen LogP contribution in [0.15, 0.2) is 97.1 Å². The summed E-state index contributed by atoms with van der Waals surface area (Å²) in [7, 11) is 2.19. The molecule has 0 heterocycles. The van der Waals surface area contributed by atoms with E-state index in [-0.39, 0.29) is 6.04 Å². The smallest absolute Gasteiger partial charge is 0.333 e. The van der Waals surface area contributed by atoms with Gasteiger partial charge in [-0.15, -0.1) is 0 Å². The number of likely N-dealkylation sites (N-methyl/N-ethyl adjacent to an activating group) is 1. The molecule has 42 heavy (non-hydrogen) atoms. The highest BCUT2D eigenvalue weighted by Gasteiger charge is 2.28. The van der Waals surface area contributed by atoms with Crippen LogP contribution in [0, 0.1) is 0 Å². The molecule has 5 heteroatoms. The van der Waals surface area contributed by atoms with E-state index >= 15 is 0 Å². The monoisotopic (exact) mass is 563 g/mol. The number of rotatable bonds is 12. The number of carboxylic acids is 1. The Kier molecular flexibility index (Phi) is 9.73. The van der Waals surface area contributed by atoms with Crippen LogP contribution >= 0.6 is 0 Å². The molecule has 218 valence electrons. The Balaban J connectivity index is 1.32. The van der Waals surface area contributed by atoms with Crippen LogP contribution in [-0.2, 0) is 28.8 Å². The van der Waals surface area contributed by atoms with Gasteiger partial charge in [-0.2, -0.15) is 0 Å². The van der Waals surface area contributed by atoms with Crippen molar-refractivity contribution in [1.82, 2.24) is 4.90 Å². The molecule has 0 saturated heterocycles. The highest BCUT2D eigenvalue weighted by molar-refractivity contribution is 5.72. The zero-order valence-electron chi connectivity index (χ0n) is 24.8. The molecule has 0 fully saturated rings. The molecule has 0 aliphatic heterocycles. The van der Waals surface area contributed by atoms with Gasteiger partial charge in [0.25, 0.3) is 0 Å². The molecule has 4 aromatic rings. The first kappa shape index (κ1) is 29.6. The number of nitrogens with zero attached hydrogens (tertiary/aromatic N) is 1. The molecule has 0 amide bonds. The summed E-state index contributed by atoms with van der Waals surface area (Å²) in [4.78, 5) is 13.8. The number of carboxylic acid groups (broad SMARTS) is 1. The van der Waals surface area contributed by atoms with Crippen molar-refractivity contribution in [3.05, 3.63) is 136 Å². The highest BCUT2D eigenvalue weighted by Crippen LogP contribution is 2.38. The molecule has 1 aliphatic rings. The summed E-state index contributed by atoms with van der Waals surface area (Å²) in [6, 6.07) is 34.5. The van der Waals surface area contributed by atoms with E-state index in [1.807, 2.05) is 24.3 Å². The summed E-state index contributed by atoms with van der Waals surface area (Å²) in [5.74, 6) is 0.145. The van der Waals surface area contributed by atoms with E-state index in [4.69, 9.17) is 9.47 Å². The fraction of sp³-hybridized carbons (Fsp3) is 0.324. The number of fused-ring (bicyclic) bond motifs is 2. The molecule has 5 nitrogen and oxygen atoms in total. The van der Waals surface area contributed by atoms with Crippen molar-refractivity contribution in [2.45, 2.75) is 51.2 Å². The van der Waals surface area contributed by atoms with Gasteiger partial charge in [-0.3, -0.25) is 4.90 Å². The molecule has 1 aliphatic carbocycles. The molecule has 5 rings (SSSR count). The van der Waals surface area contributed by atoms with Gasteiger partial charge in [0, 0.05) is 25.5 Å². The van der Waals surface area contributed by atoms with Gasteiger partial charge >= 0.3 is 5.97 Å². The van der Waals surface area contributed by atoms with E-state index in [0.717, 1.165) is 30.7 Å². The van der Waals surface area contributed by atoms with Gasteiger partial charge in [-0.25, -0.2) is 4.79 Å². The predicted molar refractivity (Wildman–Crippen MR) is 167 cm³/mol. The van der Waals surface area contributed by atoms with Gasteiger partial charge in [0.05, 0.1) is 6.04 Å². The van der Waals surface area contributed by atoms with E-state index in [9.17, 15) is 9.90 Å². The van der Waals surface area contributed by atoms with Crippen molar-refractivity contribution in [3.63, 3.8) is 0 Å². The second kappa shape index (κ2) is 13.8. The first-order valence-corrected chi connectivity index (χ1v) is 15.0. The first-order valence-electron chi connectivity index (χ1n) is 15.0. The fourth-order valence-electron chi connectivity index (χ4n) is 6.03. The number of carbonyl (C=O) groups is 1. The average Bonchev–Trinajstić information content (AvgIpc) is 3.18. The van der Waals surface area contributed by atoms with Crippen molar-refractivity contribution in [2.75, 3.05) is 26.8 Å². The lowest BCUT2D eigenvalue weighted by Crippen LogP contribution is -2.30. The normalized spacial score (nSPS) is 15.8. The van der Waals surface area contributed by atoms with E-state index in [2.05, 4.69) is 91.7 Å². The Morgan fingerprint density at radius 2 is 1.57 bits per heavy atom. The number of benzene rings is 4. The van der Waals surface area contributed by atoms with Crippen LogP contribution in [-0.4, -0.2) is 48.9 Å². The number of hydrogen-bond donors (Lipinski definition) is 1. The lowest BCUT2D eigenvalue weighted by Gasteiger charge is -2.31. The van der Waals surface area contributed by atoms with E-state index < -0.39 is 12.1 Å². The van der Waals surface area contributed by atoms with E-state index in [1.54, 1.807) is 6.92 Å². The SMILES string of the molecule is CCOC(Cc1ccc(OCCN(C)C2c3ccccc3CCc3ccc(C(C)c4ccccc4)cc32)cc1)C(=O)O. The van der Waals surface area contributed by atoms with Gasteiger partial charge < -0.3 is 14.6 Å². The lowest BCUT2D eigenvalue weighted by molar-refractivity contribution is -0.149. The summed E-state index contributed by atoms with van der Waals surface area (Å²) in [5, 5.41) is 9.38. The molecule has 0 spiro atoms. The van der Waals surface area contributed by atoms with Crippen molar-refractivity contribution >= 4 is 5.97 Å². The Morgan fingerprint density at radius 3 is 2.29 bits per heavy atom. The summed E-state index contributed by atoms with van der Waals surface area (Å²) >= 11 is 0. The van der Waals surface area contributed by atoms with Crippen LogP contribution < -0.4 is 4.74 Å². The third kappa shape index (κ3) is 6.92. The molecule has 0 radical (unpaired) electrons. The summed E-state index contributed by atoms with van der Waals surface area (Å²) in [6.45, 7) is 5.76. The van der Waals surface area contributed by atoms with Gasteiger partial charge in [0.2, 0.25) is 0 Å². The molecular formula is C37H41NO4. The number of hydrogen-bond acceptors (Lipinski definition) is 4. The topological polar surface area (TPSA) is 59.0 Å². The maximum Gasteiger partial charge on any atom is 0.333 e. The second-order valence-corrected chi connectivity index (χ2v) is 11.2. The van der Waals surface area contributed by atoms with Crippen LogP contribution in [0.5, 0.6) is 5.75 Å². The minimum atomic E-state index is -0.941. The number of aliphatic carboxylic acids is 1. The third-order valence-electron chi connectivity index (χ3n) is 8.42. The van der Waals surface area contributed by atoms with E-state index in [0.29, 0.717) is 25.6 Å². The van der Waals surface area contributed by atoms with Crippen LogP contribution in [0.4, 0.5) is 0 Å². The molecule has 3 unspecified atom stereocenters. The van der Waals surface area contributed by atoms with Crippen LogP contribution in [0.1, 0.15) is 64.8 Å². The summed E-state index contributed by atoms with van der Waals surface area (Å²) in [6.07, 6.45) is 1.57. The molecule has 0 aromatic heterocycles. The van der Waals surface area contributed by atoms with Gasteiger partial charge in [0.1, 0.15) is 12.4 Å². The van der Waals surface area contributed by atoms with Crippen LogP contribution in [0.2, 0.25) is 0 Å².